The highest BCUT2D eigenvalue weighted by molar-refractivity contribution is 5.68. The lowest BCUT2D eigenvalue weighted by Crippen LogP contribution is -2.70. The normalized spacial score (nSPS) is 15.3. The molecule has 1 saturated heterocycles. The minimum Gasteiger partial charge on any atom is -0.489 e. The summed E-state index contributed by atoms with van der Waals surface area (Å²) < 4.78 is 16.6. The lowest BCUT2D eigenvalue weighted by Gasteiger charge is -2.44. The monoisotopic (exact) mass is 432 g/mol. The van der Waals surface area contributed by atoms with Crippen LogP contribution in [0.1, 0.15) is 16.7 Å². The van der Waals surface area contributed by atoms with E-state index in [9.17, 15) is 4.79 Å². The number of ether oxygens (including phenoxy) is 3. The summed E-state index contributed by atoms with van der Waals surface area (Å²) in [6.45, 7) is 1.52. The first-order chi connectivity index (χ1) is 15.6. The molecular formula is C26H28N2O4. The number of hydrogen-bond acceptors (Lipinski definition) is 5. The van der Waals surface area contributed by atoms with E-state index in [-0.39, 0.29) is 12.6 Å². The van der Waals surface area contributed by atoms with Gasteiger partial charge in [0.1, 0.15) is 19.0 Å². The van der Waals surface area contributed by atoms with Gasteiger partial charge in [0, 0.05) is 0 Å². The maximum Gasteiger partial charge on any atom is 0.407 e. The van der Waals surface area contributed by atoms with Crippen LogP contribution < -0.4 is 15.8 Å². The van der Waals surface area contributed by atoms with Crippen LogP contribution in [0.4, 0.5) is 4.79 Å². The van der Waals surface area contributed by atoms with Gasteiger partial charge >= 0.3 is 6.09 Å². The van der Waals surface area contributed by atoms with Crippen LogP contribution in [-0.4, -0.2) is 30.9 Å². The summed E-state index contributed by atoms with van der Waals surface area (Å²) in [7, 11) is 0. The van der Waals surface area contributed by atoms with Crippen molar-refractivity contribution in [2.45, 2.75) is 31.2 Å². The van der Waals surface area contributed by atoms with Gasteiger partial charge in [-0.2, -0.15) is 0 Å². The zero-order valence-electron chi connectivity index (χ0n) is 17.9. The van der Waals surface area contributed by atoms with Gasteiger partial charge in [-0.25, -0.2) is 4.79 Å². The van der Waals surface area contributed by atoms with E-state index in [0.717, 1.165) is 22.4 Å². The van der Waals surface area contributed by atoms with Gasteiger partial charge < -0.3 is 25.3 Å². The first kappa shape index (κ1) is 21.9. The Labute approximate surface area is 188 Å². The van der Waals surface area contributed by atoms with Crippen LogP contribution in [0.5, 0.6) is 5.75 Å². The summed E-state index contributed by atoms with van der Waals surface area (Å²) in [5.41, 5.74) is 8.95. The maximum absolute atomic E-state index is 12.4. The van der Waals surface area contributed by atoms with Crippen molar-refractivity contribution >= 4 is 6.09 Å². The van der Waals surface area contributed by atoms with E-state index < -0.39 is 11.6 Å². The molecule has 4 rings (SSSR count). The molecular weight excluding hydrogens is 404 g/mol. The molecule has 3 aromatic carbocycles. The van der Waals surface area contributed by atoms with Gasteiger partial charge in [0.2, 0.25) is 0 Å². The quantitative estimate of drug-likeness (QED) is 0.537. The summed E-state index contributed by atoms with van der Waals surface area (Å²) >= 11 is 0. The van der Waals surface area contributed by atoms with Crippen molar-refractivity contribution in [3.63, 3.8) is 0 Å². The van der Waals surface area contributed by atoms with Gasteiger partial charge in [0.25, 0.3) is 0 Å². The average Bonchev–Trinajstić information content (AvgIpc) is 2.82. The van der Waals surface area contributed by atoms with Crippen molar-refractivity contribution in [1.82, 2.24) is 5.32 Å². The highest BCUT2D eigenvalue weighted by Crippen LogP contribution is 2.23. The van der Waals surface area contributed by atoms with Gasteiger partial charge in [0.15, 0.2) is 0 Å². The molecule has 0 bridgehead atoms. The smallest absolute Gasteiger partial charge is 0.407 e. The van der Waals surface area contributed by atoms with E-state index in [4.69, 9.17) is 19.9 Å². The van der Waals surface area contributed by atoms with Crippen LogP contribution in [0.3, 0.4) is 0 Å². The second kappa shape index (κ2) is 10.3. The van der Waals surface area contributed by atoms with Crippen molar-refractivity contribution in [2.24, 2.45) is 5.73 Å². The zero-order valence-corrected chi connectivity index (χ0v) is 17.9. The van der Waals surface area contributed by atoms with Crippen molar-refractivity contribution in [3.8, 4) is 5.75 Å². The highest BCUT2D eigenvalue weighted by Gasteiger charge is 2.43. The molecule has 1 aliphatic heterocycles. The number of carbonyl (C=O) groups is 1. The summed E-state index contributed by atoms with van der Waals surface area (Å²) in [5, 5.41) is 2.94. The molecule has 0 aromatic heterocycles. The van der Waals surface area contributed by atoms with Gasteiger partial charge in [-0.3, -0.25) is 0 Å². The Kier molecular flexibility index (Phi) is 7.04. The molecule has 0 aliphatic carbocycles. The number of alkyl carbamates (subject to hydrolysis) is 1. The van der Waals surface area contributed by atoms with E-state index in [2.05, 4.69) is 5.32 Å². The van der Waals surface area contributed by atoms with Crippen molar-refractivity contribution in [1.29, 1.82) is 0 Å². The molecule has 1 atom stereocenters. The van der Waals surface area contributed by atoms with Crippen LogP contribution in [-0.2, 0) is 29.1 Å². The second-order valence-corrected chi connectivity index (χ2v) is 8.11. The third-order valence-electron chi connectivity index (χ3n) is 5.55. The minimum absolute atomic E-state index is 0.209. The Morgan fingerprint density at radius 1 is 0.875 bits per heavy atom. The first-order valence-corrected chi connectivity index (χ1v) is 10.7. The van der Waals surface area contributed by atoms with Crippen molar-refractivity contribution < 1.29 is 19.0 Å². The molecule has 1 aliphatic rings. The molecule has 0 saturated carbocycles. The van der Waals surface area contributed by atoms with E-state index in [1.54, 1.807) is 0 Å². The molecule has 3 aromatic rings. The molecule has 32 heavy (non-hydrogen) atoms. The average molecular weight is 433 g/mol. The number of carbonyl (C=O) groups excluding carboxylic acids is 1. The molecule has 166 valence electrons. The fraction of sp³-hybridized carbons (Fsp3) is 0.269. The predicted molar refractivity (Wildman–Crippen MR) is 122 cm³/mol. The van der Waals surface area contributed by atoms with Gasteiger partial charge in [-0.1, -0.05) is 72.8 Å². The van der Waals surface area contributed by atoms with E-state index >= 15 is 0 Å². The predicted octanol–water partition coefficient (Wildman–Crippen LogP) is 3.83. The van der Waals surface area contributed by atoms with Gasteiger partial charge in [-0.15, -0.1) is 0 Å². The lowest BCUT2D eigenvalue weighted by molar-refractivity contribution is -0.0708. The Balaban J connectivity index is 1.33. The Morgan fingerprint density at radius 2 is 1.47 bits per heavy atom. The molecule has 0 radical (unpaired) electrons. The Morgan fingerprint density at radius 3 is 2.03 bits per heavy atom. The Hall–Kier alpha value is -3.35. The van der Waals surface area contributed by atoms with Crippen molar-refractivity contribution in [3.05, 3.63) is 102 Å². The van der Waals surface area contributed by atoms with E-state index in [1.165, 1.54) is 0 Å². The Bertz CT molecular complexity index is 989. The third kappa shape index (κ3) is 5.87. The SMILES string of the molecule is NC1([C@H](Cc2ccc(OCc3ccccc3)cc2)NC(=O)OCc2ccccc2)COC1. The molecule has 3 N–H and O–H groups in total. The van der Waals surface area contributed by atoms with Crippen LogP contribution in [0.2, 0.25) is 0 Å². The fourth-order valence-electron chi connectivity index (χ4n) is 3.54. The molecule has 6 heteroatoms. The number of amides is 1. The first-order valence-electron chi connectivity index (χ1n) is 10.7. The van der Waals surface area contributed by atoms with Crippen LogP contribution >= 0.6 is 0 Å². The standard InChI is InChI=1S/C26H28N2O4/c27-26(18-30-19-26)24(28-25(29)32-17-22-9-5-2-6-10-22)15-20-11-13-23(14-12-20)31-16-21-7-3-1-4-8-21/h1-14,24H,15-19,27H2,(H,28,29)/t24-/m0/s1. The van der Waals surface area contributed by atoms with E-state index in [0.29, 0.717) is 26.2 Å². The van der Waals surface area contributed by atoms with Crippen LogP contribution in [0, 0.1) is 0 Å². The molecule has 1 heterocycles. The summed E-state index contributed by atoms with van der Waals surface area (Å²) in [5.74, 6) is 0.791. The van der Waals surface area contributed by atoms with Gasteiger partial charge in [-0.05, 0) is 35.2 Å². The third-order valence-corrected chi connectivity index (χ3v) is 5.55. The zero-order chi connectivity index (χ0) is 22.2. The van der Waals surface area contributed by atoms with Crippen LogP contribution in [0.25, 0.3) is 0 Å². The molecule has 0 spiro atoms. The number of hydrogen-bond donors (Lipinski definition) is 2. The summed E-state index contributed by atoms with van der Waals surface area (Å²) in [4.78, 5) is 12.4. The number of nitrogens with one attached hydrogen (secondary N) is 1. The van der Waals surface area contributed by atoms with Crippen LogP contribution in [0.15, 0.2) is 84.9 Å². The van der Waals surface area contributed by atoms with E-state index in [1.807, 2.05) is 84.9 Å². The molecule has 1 amide bonds. The second-order valence-electron chi connectivity index (χ2n) is 8.11. The summed E-state index contributed by atoms with van der Waals surface area (Å²) in [6.07, 6.45) is 0.0811. The highest BCUT2D eigenvalue weighted by atomic mass is 16.5. The number of rotatable bonds is 9. The largest absolute Gasteiger partial charge is 0.489 e. The lowest BCUT2D eigenvalue weighted by atomic mass is 9.85. The number of nitrogens with two attached hydrogens (primary N) is 1. The molecule has 0 unspecified atom stereocenters. The molecule has 1 fully saturated rings. The van der Waals surface area contributed by atoms with Crippen molar-refractivity contribution in [2.75, 3.05) is 13.2 Å². The fourth-order valence-corrected chi connectivity index (χ4v) is 3.54. The molecule has 6 nitrogen and oxygen atoms in total. The summed E-state index contributed by atoms with van der Waals surface area (Å²) in [6, 6.07) is 27.1. The van der Waals surface area contributed by atoms with Gasteiger partial charge in [0.05, 0.1) is 24.8 Å². The topological polar surface area (TPSA) is 82.8 Å². The number of benzene rings is 3. The minimum atomic E-state index is -0.617. The maximum atomic E-state index is 12.4.